The Kier molecular flexibility index (Phi) is 7.05. The first kappa shape index (κ1) is 24.6. The van der Waals surface area contributed by atoms with Gasteiger partial charge in [-0.3, -0.25) is 9.59 Å². The summed E-state index contributed by atoms with van der Waals surface area (Å²) in [5.41, 5.74) is 4.40. The lowest BCUT2D eigenvalue weighted by atomic mass is 9.98. The topological polar surface area (TPSA) is 105 Å². The number of nitrogens with one attached hydrogen (secondary N) is 2. The van der Waals surface area contributed by atoms with Crippen LogP contribution < -0.4 is 10.6 Å². The fourth-order valence-electron chi connectivity index (χ4n) is 4.87. The van der Waals surface area contributed by atoms with Crippen LogP contribution >= 0.6 is 0 Å². The van der Waals surface area contributed by atoms with Gasteiger partial charge in [0.2, 0.25) is 5.91 Å². The van der Waals surface area contributed by atoms with Crippen molar-refractivity contribution in [2.24, 2.45) is 17.8 Å². The lowest BCUT2D eigenvalue weighted by Crippen LogP contribution is -2.40. The van der Waals surface area contributed by atoms with Crippen molar-refractivity contribution < 1.29 is 33.0 Å². The lowest BCUT2D eigenvalue weighted by Gasteiger charge is -2.18. The van der Waals surface area contributed by atoms with Crippen molar-refractivity contribution in [3.8, 4) is 11.1 Å². The van der Waals surface area contributed by atoms with Crippen LogP contribution in [0.2, 0.25) is 0 Å². The summed E-state index contributed by atoms with van der Waals surface area (Å²) in [7, 11) is 0. The maximum Gasteiger partial charge on any atom is 0.407 e. The minimum Gasteiger partial charge on any atom is -0.481 e. The third-order valence-corrected chi connectivity index (χ3v) is 6.81. The van der Waals surface area contributed by atoms with E-state index in [0.29, 0.717) is 12.8 Å². The van der Waals surface area contributed by atoms with Gasteiger partial charge in [-0.15, -0.1) is 0 Å². The Bertz CT molecular complexity index is 1080. The van der Waals surface area contributed by atoms with Gasteiger partial charge in [0, 0.05) is 19.0 Å². The van der Waals surface area contributed by atoms with Crippen LogP contribution in [-0.4, -0.2) is 48.7 Å². The van der Waals surface area contributed by atoms with Crippen LogP contribution in [0.15, 0.2) is 48.5 Å². The molecule has 0 spiro atoms. The number of carboxylic acids is 1. The highest BCUT2D eigenvalue weighted by molar-refractivity contribution is 5.81. The number of fused-ring (bicyclic) bond motifs is 3. The van der Waals surface area contributed by atoms with E-state index in [2.05, 4.69) is 10.6 Å². The van der Waals surface area contributed by atoms with E-state index in [1.807, 2.05) is 55.5 Å². The Labute approximate surface area is 201 Å². The molecule has 0 radical (unpaired) electrons. The van der Waals surface area contributed by atoms with E-state index in [0.717, 1.165) is 22.3 Å². The zero-order valence-electron chi connectivity index (χ0n) is 19.3. The summed E-state index contributed by atoms with van der Waals surface area (Å²) < 4.78 is 32.6. The van der Waals surface area contributed by atoms with E-state index in [1.165, 1.54) is 0 Å². The van der Waals surface area contributed by atoms with E-state index >= 15 is 0 Å². The zero-order chi connectivity index (χ0) is 25.2. The number of hydrogen-bond donors (Lipinski definition) is 3. The number of amides is 2. The molecule has 0 heterocycles. The molecular formula is C26H28F2N2O5. The van der Waals surface area contributed by atoms with Crippen LogP contribution in [0.4, 0.5) is 13.6 Å². The number of hydrogen-bond acceptors (Lipinski definition) is 4. The molecule has 3 unspecified atom stereocenters. The molecule has 2 aliphatic carbocycles. The summed E-state index contributed by atoms with van der Waals surface area (Å²) >= 11 is 0. The van der Waals surface area contributed by atoms with Gasteiger partial charge in [0.05, 0.1) is 11.8 Å². The molecule has 2 amide bonds. The smallest absolute Gasteiger partial charge is 0.407 e. The van der Waals surface area contributed by atoms with E-state index in [9.17, 15) is 23.2 Å². The monoisotopic (exact) mass is 486 g/mol. The number of halogens is 2. The highest BCUT2D eigenvalue weighted by Crippen LogP contribution is 2.54. The molecule has 2 aromatic rings. The molecule has 35 heavy (non-hydrogen) atoms. The second kappa shape index (κ2) is 10.0. The number of ether oxygens (including phenoxy) is 1. The first-order valence-corrected chi connectivity index (χ1v) is 11.7. The predicted molar refractivity (Wildman–Crippen MR) is 124 cm³/mol. The number of carbonyl (C=O) groups is 3. The van der Waals surface area contributed by atoms with Gasteiger partial charge in [0.1, 0.15) is 12.5 Å². The molecule has 0 saturated heterocycles. The normalized spacial score (nSPS) is 20.3. The quantitative estimate of drug-likeness (QED) is 0.471. The number of carbonyl (C=O) groups excluding carboxylic acids is 2. The number of alkyl halides is 2. The molecule has 9 heteroatoms. The van der Waals surface area contributed by atoms with Crippen molar-refractivity contribution >= 4 is 18.0 Å². The summed E-state index contributed by atoms with van der Waals surface area (Å²) in [4.78, 5) is 35.8. The standard InChI is InChI=1S/C26H28F2N2O5/c1-2-7-15(23(31)29-13-21-22(24(32)33)26(21,27)28)12-30-25(34)35-14-20-18-10-5-3-8-16(18)17-9-4-6-11-19(17)20/h3-6,8-11,15,20-22H,2,7,12-14H2,1H3,(H,29,31)(H,30,34)(H,32,33). The summed E-state index contributed by atoms with van der Waals surface area (Å²) in [5.74, 6) is -9.32. The van der Waals surface area contributed by atoms with Crippen LogP contribution in [0.25, 0.3) is 11.1 Å². The molecular weight excluding hydrogens is 458 g/mol. The van der Waals surface area contributed by atoms with Crippen LogP contribution in [0.5, 0.6) is 0 Å². The number of alkyl carbamates (subject to hydrolysis) is 1. The third kappa shape index (κ3) is 4.99. The van der Waals surface area contributed by atoms with Crippen LogP contribution in [0.3, 0.4) is 0 Å². The largest absolute Gasteiger partial charge is 0.481 e. The molecule has 2 aliphatic rings. The Hall–Kier alpha value is -3.49. The van der Waals surface area contributed by atoms with Crippen molar-refractivity contribution in [3.63, 3.8) is 0 Å². The van der Waals surface area contributed by atoms with E-state index < -0.39 is 48.2 Å². The van der Waals surface area contributed by atoms with Gasteiger partial charge in [-0.1, -0.05) is 61.9 Å². The minimum atomic E-state index is -3.32. The van der Waals surface area contributed by atoms with Gasteiger partial charge in [-0.2, -0.15) is 0 Å². The van der Waals surface area contributed by atoms with Gasteiger partial charge >= 0.3 is 12.1 Å². The first-order valence-electron chi connectivity index (χ1n) is 11.7. The van der Waals surface area contributed by atoms with Crippen molar-refractivity contribution in [1.82, 2.24) is 10.6 Å². The number of benzene rings is 2. The summed E-state index contributed by atoms with van der Waals surface area (Å²) in [6, 6.07) is 15.9. The average Bonchev–Trinajstić information content (AvgIpc) is 3.25. The van der Waals surface area contributed by atoms with Crippen molar-refractivity contribution in [3.05, 3.63) is 59.7 Å². The van der Waals surface area contributed by atoms with Crippen LogP contribution in [0.1, 0.15) is 36.8 Å². The van der Waals surface area contributed by atoms with Crippen molar-refractivity contribution in [1.29, 1.82) is 0 Å². The van der Waals surface area contributed by atoms with Crippen LogP contribution in [-0.2, 0) is 14.3 Å². The Morgan fingerprint density at radius 2 is 1.63 bits per heavy atom. The molecule has 3 atom stereocenters. The maximum atomic E-state index is 13.6. The van der Waals surface area contributed by atoms with E-state index in [1.54, 1.807) is 0 Å². The van der Waals surface area contributed by atoms with Crippen LogP contribution in [0, 0.1) is 17.8 Å². The summed E-state index contributed by atoms with van der Waals surface area (Å²) in [6.07, 6.45) is 0.404. The molecule has 1 fully saturated rings. The zero-order valence-corrected chi connectivity index (χ0v) is 19.3. The highest BCUT2D eigenvalue weighted by atomic mass is 19.3. The molecule has 0 aliphatic heterocycles. The highest BCUT2D eigenvalue weighted by Gasteiger charge is 2.72. The first-order chi connectivity index (χ1) is 16.8. The van der Waals surface area contributed by atoms with E-state index in [-0.39, 0.29) is 19.1 Å². The van der Waals surface area contributed by atoms with Gasteiger partial charge in [-0.05, 0) is 28.7 Å². The number of rotatable bonds is 10. The lowest BCUT2D eigenvalue weighted by molar-refractivity contribution is -0.141. The molecule has 1 saturated carbocycles. The predicted octanol–water partition coefficient (Wildman–Crippen LogP) is 4.02. The third-order valence-electron chi connectivity index (χ3n) is 6.81. The molecule has 2 aromatic carbocycles. The van der Waals surface area contributed by atoms with Crippen molar-refractivity contribution in [2.75, 3.05) is 19.7 Å². The molecule has 0 bridgehead atoms. The number of aliphatic carboxylic acids is 1. The minimum absolute atomic E-state index is 0.0141. The second-order valence-electron chi connectivity index (χ2n) is 9.03. The fraction of sp³-hybridized carbons (Fsp3) is 0.423. The molecule has 4 rings (SSSR count). The second-order valence-corrected chi connectivity index (χ2v) is 9.03. The van der Waals surface area contributed by atoms with Gasteiger partial charge in [0.25, 0.3) is 5.92 Å². The number of carboxylic acid groups (broad SMARTS) is 1. The Balaban J connectivity index is 1.28. The van der Waals surface area contributed by atoms with Gasteiger partial charge in [0.15, 0.2) is 0 Å². The maximum absolute atomic E-state index is 13.6. The summed E-state index contributed by atoms with van der Waals surface area (Å²) in [6.45, 7) is 1.56. The fourth-order valence-corrected chi connectivity index (χ4v) is 4.87. The summed E-state index contributed by atoms with van der Waals surface area (Å²) in [5, 5.41) is 13.9. The molecule has 0 aromatic heterocycles. The molecule has 186 valence electrons. The Morgan fingerprint density at radius 1 is 1.03 bits per heavy atom. The van der Waals surface area contributed by atoms with Gasteiger partial charge < -0.3 is 20.5 Å². The van der Waals surface area contributed by atoms with E-state index in [4.69, 9.17) is 9.84 Å². The SMILES string of the molecule is CCCC(CNC(=O)OCC1c2ccccc2-c2ccccc21)C(=O)NCC1C(C(=O)O)C1(F)F. The molecule has 3 N–H and O–H groups in total. The average molecular weight is 487 g/mol. The molecule has 7 nitrogen and oxygen atoms in total. The van der Waals surface area contributed by atoms with Gasteiger partial charge in [-0.25, -0.2) is 13.6 Å². The Morgan fingerprint density at radius 3 is 2.17 bits per heavy atom. The van der Waals surface area contributed by atoms with Crippen molar-refractivity contribution in [2.45, 2.75) is 31.6 Å².